The van der Waals surface area contributed by atoms with Gasteiger partial charge >= 0.3 is 11.9 Å². The van der Waals surface area contributed by atoms with Gasteiger partial charge in [0.15, 0.2) is 0 Å². The second-order valence-electron chi connectivity index (χ2n) is 13.2. The van der Waals surface area contributed by atoms with Crippen LogP contribution in [0.15, 0.2) is 105 Å². The zero-order valence-corrected chi connectivity index (χ0v) is 30.3. The molecule has 2 aliphatic rings. The average Bonchev–Trinajstić information content (AvgIpc) is 3.11. The van der Waals surface area contributed by atoms with Gasteiger partial charge in [0.05, 0.1) is 19.6 Å². The minimum absolute atomic E-state index is 0.0689. The Labute approximate surface area is 301 Å². The summed E-state index contributed by atoms with van der Waals surface area (Å²) in [4.78, 5) is 35.9. The lowest BCUT2D eigenvalue weighted by Gasteiger charge is -2.29. The average molecular weight is 753 g/mol. The van der Waals surface area contributed by atoms with Crippen molar-refractivity contribution in [2.75, 3.05) is 27.2 Å². The molecule has 0 aliphatic heterocycles. The number of sulfone groups is 2. The standard InChI is InChI=1S/C38H38F2N2O8S2/c1-41(23-27-9-3-7-25-19-33(15-17-35(25)27)51(45,46)31-13-5-11-29(39)21-31)49-37(43)38(44)50-42(2)24-28-10-4-8-26-20-34(16-18-36(26)28)52(47,48)32-14-6-12-30(40)22-32/h5-6,11-22,27-28H,3-4,7-10,23-24H2,1-2H3. The number of aryl methyl sites for hydroxylation is 2. The number of carbonyl (C=O) groups is 2. The van der Waals surface area contributed by atoms with E-state index in [1.807, 2.05) is 0 Å². The third-order valence-electron chi connectivity index (χ3n) is 9.54. The van der Waals surface area contributed by atoms with Crippen molar-refractivity contribution in [3.05, 3.63) is 119 Å². The summed E-state index contributed by atoms with van der Waals surface area (Å²) < 4.78 is 80.1. The molecule has 0 spiro atoms. The molecule has 0 bridgehead atoms. The van der Waals surface area contributed by atoms with Gasteiger partial charge in [0.25, 0.3) is 0 Å². The highest BCUT2D eigenvalue weighted by Gasteiger charge is 2.30. The largest absolute Gasteiger partial charge is 0.438 e. The minimum atomic E-state index is -3.92. The van der Waals surface area contributed by atoms with Crippen LogP contribution in [0.3, 0.4) is 0 Å². The Hall–Kier alpha value is -4.50. The number of nitrogens with zero attached hydrogens (tertiary/aromatic N) is 2. The van der Waals surface area contributed by atoms with Crippen molar-refractivity contribution in [2.45, 2.75) is 69.9 Å². The van der Waals surface area contributed by atoms with E-state index >= 15 is 0 Å². The van der Waals surface area contributed by atoms with Crippen LogP contribution in [0, 0.1) is 11.6 Å². The molecule has 4 aromatic rings. The van der Waals surface area contributed by atoms with Crippen LogP contribution >= 0.6 is 0 Å². The molecule has 0 fully saturated rings. The topological polar surface area (TPSA) is 127 Å². The van der Waals surface area contributed by atoms with Gasteiger partial charge in [0.2, 0.25) is 19.7 Å². The summed E-state index contributed by atoms with van der Waals surface area (Å²) in [6.45, 7) is 0.487. The molecule has 2 unspecified atom stereocenters. The van der Waals surface area contributed by atoms with Crippen molar-refractivity contribution in [2.24, 2.45) is 0 Å². The number of halogens is 2. The highest BCUT2D eigenvalue weighted by Crippen LogP contribution is 2.36. The Morgan fingerprint density at radius 1 is 0.615 bits per heavy atom. The molecule has 4 aromatic carbocycles. The van der Waals surface area contributed by atoms with Crippen molar-refractivity contribution in [3.8, 4) is 0 Å². The van der Waals surface area contributed by atoms with E-state index in [9.17, 15) is 35.2 Å². The number of likely N-dealkylation sites (N-methyl/N-ethyl adjacent to an activating group) is 2. The Kier molecular flexibility index (Phi) is 10.9. The van der Waals surface area contributed by atoms with Gasteiger partial charge in [-0.25, -0.2) is 35.2 Å². The number of benzene rings is 4. The van der Waals surface area contributed by atoms with E-state index in [2.05, 4.69) is 0 Å². The normalized spacial score (nSPS) is 17.3. The predicted octanol–water partition coefficient (Wildman–Crippen LogP) is 5.95. The van der Waals surface area contributed by atoms with Crippen LogP contribution in [-0.2, 0) is 51.8 Å². The molecule has 274 valence electrons. The van der Waals surface area contributed by atoms with Gasteiger partial charge in [-0.1, -0.05) is 24.3 Å². The van der Waals surface area contributed by atoms with Gasteiger partial charge in [-0.05, 0) is 121 Å². The summed E-state index contributed by atoms with van der Waals surface area (Å²) in [5, 5.41) is 2.52. The summed E-state index contributed by atoms with van der Waals surface area (Å²) in [5.41, 5.74) is 3.48. The lowest BCUT2D eigenvalue weighted by molar-refractivity contribution is -0.213. The van der Waals surface area contributed by atoms with E-state index in [0.29, 0.717) is 12.8 Å². The van der Waals surface area contributed by atoms with Crippen LogP contribution < -0.4 is 0 Å². The number of hydrogen-bond donors (Lipinski definition) is 0. The first-order valence-electron chi connectivity index (χ1n) is 16.9. The van der Waals surface area contributed by atoms with E-state index in [1.165, 1.54) is 72.8 Å². The molecule has 0 saturated carbocycles. The molecule has 14 heteroatoms. The molecule has 0 heterocycles. The number of fused-ring (bicyclic) bond motifs is 2. The van der Waals surface area contributed by atoms with E-state index in [0.717, 1.165) is 60.1 Å². The zero-order valence-electron chi connectivity index (χ0n) is 28.6. The maximum absolute atomic E-state index is 13.7. The van der Waals surface area contributed by atoms with Crippen molar-refractivity contribution in [1.82, 2.24) is 10.1 Å². The fraction of sp³-hybridized carbons (Fsp3) is 0.316. The smallest absolute Gasteiger partial charge is 0.359 e. The van der Waals surface area contributed by atoms with Crippen LogP contribution in [0.2, 0.25) is 0 Å². The number of hydroxylamine groups is 4. The Morgan fingerprint density at radius 2 is 1.00 bits per heavy atom. The Balaban J connectivity index is 1.04. The fourth-order valence-electron chi connectivity index (χ4n) is 7.09. The summed E-state index contributed by atoms with van der Waals surface area (Å²) in [7, 11) is -4.80. The Morgan fingerprint density at radius 3 is 1.38 bits per heavy atom. The highest BCUT2D eigenvalue weighted by molar-refractivity contribution is 7.91. The lowest BCUT2D eigenvalue weighted by atomic mass is 9.83. The monoisotopic (exact) mass is 752 g/mol. The molecule has 10 nitrogen and oxygen atoms in total. The summed E-state index contributed by atoms with van der Waals surface area (Å²) in [6, 6.07) is 19.4. The molecule has 2 atom stereocenters. The maximum Gasteiger partial charge on any atom is 0.438 e. The van der Waals surface area contributed by atoms with Gasteiger partial charge in [0.1, 0.15) is 11.6 Å². The second kappa shape index (κ2) is 15.2. The van der Waals surface area contributed by atoms with Crippen molar-refractivity contribution in [3.63, 3.8) is 0 Å². The molecule has 0 radical (unpaired) electrons. The van der Waals surface area contributed by atoms with Gasteiger partial charge in [-0.3, -0.25) is 0 Å². The highest BCUT2D eigenvalue weighted by atomic mass is 32.2. The van der Waals surface area contributed by atoms with Crippen molar-refractivity contribution < 1.29 is 44.9 Å². The molecular formula is C38H38F2N2O8S2. The quantitative estimate of drug-likeness (QED) is 0.142. The first-order chi connectivity index (χ1) is 24.7. The molecule has 52 heavy (non-hydrogen) atoms. The van der Waals surface area contributed by atoms with Crippen molar-refractivity contribution >= 4 is 31.6 Å². The van der Waals surface area contributed by atoms with Crippen LogP contribution in [0.4, 0.5) is 8.78 Å². The van der Waals surface area contributed by atoms with Gasteiger partial charge < -0.3 is 9.68 Å². The number of hydrogen-bond acceptors (Lipinski definition) is 10. The molecule has 6 rings (SSSR count). The molecule has 0 saturated heterocycles. The maximum atomic E-state index is 13.7. The number of rotatable bonds is 10. The van der Waals surface area contributed by atoms with E-state index < -0.39 is 43.2 Å². The van der Waals surface area contributed by atoms with Crippen LogP contribution in [-0.4, -0.2) is 66.1 Å². The minimum Gasteiger partial charge on any atom is -0.359 e. The summed E-state index contributed by atoms with van der Waals surface area (Å²) in [6.07, 6.45) is 4.34. The first kappa shape index (κ1) is 37.3. The van der Waals surface area contributed by atoms with Gasteiger partial charge in [-0.15, -0.1) is 10.1 Å². The Bertz CT molecular complexity index is 2070. The van der Waals surface area contributed by atoms with E-state index in [1.54, 1.807) is 24.3 Å². The van der Waals surface area contributed by atoms with Crippen molar-refractivity contribution in [1.29, 1.82) is 0 Å². The summed E-state index contributed by atoms with van der Waals surface area (Å²) in [5.74, 6) is -3.92. The molecular weight excluding hydrogens is 715 g/mol. The summed E-state index contributed by atoms with van der Waals surface area (Å²) >= 11 is 0. The lowest BCUT2D eigenvalue weighted by Crippen LogP contribution is -2.36. The fourth-order valence-corrected chi connectivity index (χ4v) is 9.77. The molecule has 0 aromatic heterocycles. The molecule has 2 aliphatic carbocycles. The third-order valence-corrected chi connectivity index (χ3v) is 13.0. The van der Waals surface area contributed by atoms with Crippen LogP contribution in [0.25, 0.3) is 0 Å². The first-order valence-corrected chi connectivity index (χ1v) is 19.8. The van der Waals surface area contributed by atoms with E-state index in [4.69, 9.17) is 9.68 Å². The van der Waals surface area contributed by atoms with E-state index in [-0.39, 0.29) is 44.5 Å². The SMILES string of the molecule is CN(CC1CCCc2cc(S(=O)(=O)c3cccc(F)c3)ccc21)OC(=O)C(=O)ON(C)CC1CCCc2cc(S(=O)(=O)c3cccc(F)c3)ccc21. The van der Waals surface area contributed by atoms with Gasteiger partial charge in [-0.2, -0.15) is 0 Å². The van der Waals surface area contributed by atoms with Crippen LogP contribution in [0.1, 0.15) is 59.8 Å². The molecule has 0 amide bonds. The van der Waals surface area contributed by atoms with Crippen LogP contribution in [0.5, 0.6) is 0 Å². The zero-order chi connectivity index (χ0) is 37.2. The predicted molar refractivity (Wildman–Crippen MR) is 185 cm³/mol. The number of carbonyl (C=O) groups excluding carboxylic acids is 2. The van der Waals surface area contributed by atoms with Gasteiger partial charge in [0, 0.05) is 39.0 Å². The second-order valence-corrected chi connectivity index (χ2v) is 17.1. The third kappa shape index (κ3) is 8.10. The molecule has 0 N–H and O–H groups in total.